The number of carbonyl (C=O) groups excluding carboxylic acids is 1. The molecule has 0 radical (unpaired) electrons. The molecule has 2 heteroatoms. The normalized spacial score (nSPS) is 10.9. The van der Waals surface area contributed by atoms with E-state index in [1.165, 1.54) is 0 Å². The molecular weight excluding hydrogens is 116 g/mol. The molecule has 0 saturated heterocycles. The molecule has 0 heterocycles. The lowest BCUT2D eigenvalue weighted by atomic mass is 10.4. The minimum atomic E-state index is 0.213. The predicted octanol–water partition coefficient (Wildman–Crippen LogP) is 1.41. The second kappa shape index (κ2) is 10.4. The second-order valence-corrected chi connectivity index (χ2v) is 1.40. The summed E-state index contributed by atoms with van der Waals surface area (Å²) in [5.41, 5.74) is 0. The molecule has 54 valence electrons. The van der Waals surface area contributed by atoms with Crippen LogP contribution in [0.5, 0.6) is 0 Å². The Morgan fingerprint density at radius 3 is 2.22 bits per heavy atom. The molecule has 0 rings (SSSR count). The lowest BCUT2D eigenvalue weighted by molar-refractivity contribution is -0.0979. The third-order valence-electron chi connectivity index (χ3n) is 0.761. The van der Waals surface area contributed by atoms with Crippen molar-refractivity contribution in [1.29, 1.82) is 0 Å². The molecule has 0 aromatic rings. The van der Waals surface area contributed by atoms with Gasteiger partial charge in [-0.25, -0.2) is 0 Å². The van der Waals surface area contributed by atoms with Crippen molar-refractivity contribution < 1.29 is 9.53 Å². The molecule has 0 fully saturated rings. The molecule has 0 aliphatic carbocycles. The van der Waals surface area contributed by atoms with Crippen LogP contribution in [-0.4, -0.2) is 19.5 Å². The zero-order valence-corrected chi connectivity index (χ0v) is 6.09. The maximum Gasteiger partial charge on any atom is 0.106 e. The van der Waals surface area contributed by atoms with E-state index >= 15 is 0 Å². The van der Waals surface area contributed by atoms with Crippen LogP contribution < -0.4 is 0 Å². The van der Waals surface area contributed by atoms with Gasteiger partial charge in [-0.3, -0.25) is 0 Å². The van der Waals surface area contributed by atoms with Crippen LogP contribution in [0.2, 0.25) is 0 Å². The molecule has 0 aliphatic heterocycles. The first-order valence-corrected chi connectivity index (χ1v) is 2.84. The Morgan fingerprint density at radius 2 is 2.11 bits per heavy atom. The molecule has 0 aromatic heterocycles. The Bertz CT molecular complexity index is 61.9. The summed E-state index contributed by atoms with van der Waals surface area (Å²) >= 11 is 0. The summed E-state index contributed by atoms with van der Waals surface area (Å²) in [4.78, 5) is 8.00. The fraction of sp³-hybridized carbons (Fsp3) is 0.571. The first-order chi connectivity index (χ1) is 4.31. The Labute approximate surface area is 56.5 Å². The zero-order valence-electron chi connectivity index (χ0n) is 6.09. The molecule has 0 saturated carbocycles. The van der Waals surface area contributed by atoms with Gasteiger partial charge in [0, 0.05) is 6.61 Å². The Balaban J connectivity index is 0. The van der Waals surface area contributed by atoms with E-state index in [9.17, 15) is 0 Å². The summed E-state index contributed by atoms with van der Waals surface area (Å²) in [5, 5.41) is 0. The third-order valence-corrected chi connectivity index (χ3v) is 0.761. The van der Waals surface area contributed by atoms with E-state index in [1.807, 2.05) is 20.6 Å². The fourth-order valence-electron chi connectivity index (χ4n) is 0.331. The van der Waals surface area contributed by atoms with Crippen molar-refractivity contribution in [3.8, 4) is 0 Å². The van der Waals surface area contributed by atoms with Crippen molar-refractivity contribution in [3.63, 3.8) is 0 Å². The van der Waals surface area contributed by atoms with E-state index in [-0.39, 0.29) is 6.10 Å². The van der Waals surface area contributed by atoms with Gasteiger partial charge in [0.2, 0.25) is 0 Å². The molecule has 1 atom stereocenters. The Morgan fingerprint density at radius 1 is 1.67 bits per heavy atom. The van der Waals surface area contributed by atoms with E-state index in [4.69, 9.17) is 9.53 Å². The summed E-state index contributed by atoms with van der Waals surface area (Å²) in [6.07, 6.45) is 1.99. The van der Waals surface area contributed by atoms with Gasteiger partial charge in [0.15, 0.2) is 0 Å². The van der Waals surface area contributed by atoms with E-state index in [0.29, 0.717) is 0 Å². The number of carbonyl (C=O) groups is 1. The monoisotopic (exact) mass is 130 g/mol. The molecule has 0 bridgehead atoms. The van der Waals surface area contributed by atoms with E-state index < -0.39 is 0 Å². The average molecular weight is 130 g/mol. The van der Waals surface area contributed by atoms with Gasteiger partial charge in [0.1, 0.15) is 6.79 Å². The summed E-state index contributed by atoms with van der Waals surface area (Å²) in [7, 11) is 0. The number of rotatable bonds is 3. The largest absolute Gasteiger partial charge is 0.375 e. The van der Waals surface area contributed by atoms with Gasteiger partial charge in [0.05, 0.1) is 6.10 Å². The van der Waals surface area contributed by atoms with Gasteiger partial charge in [-0.15, -0.1) is 6.58 Å². The minimum Gasteiger partial charge on any atom is -0.375 e. The zero-order chi connectivity index (χ0) is 7.70. The second-order valence-electron chi connectivity index (χ2n) is 1.40. The molecule has 2 nitrogen and oxygen atoms in total. The first kappa shape index (κ1) is 11.2. The molecule has 0 aliphatic rings. The fourth-order valence-corrected chi connectivity index (χ4v) is 0.331. The van der Waals surface area contributed by atoms with Crippen LogP contribution in [-0.2, 0) is 9.53 Å². The molecular formula is C7H14O2. The van der Waals surface area contributed by atoms with Crippen LogP contribution in [0.25, 0.3) is 0 Å². The van der Waals surface area contributed by atoms with Gasteiger partial charge in [-0.2, -0.15) is 0 Å². The third kappa shape index (κ3) is 11.1. The van der Waals surface area contributed by atoms with Crippen molar-refractivity contribution in [2.45, 2.75) is 20.0 Å². The van der Waals surface area contributed by atoms with Gasteiger partial charge in [-0.1, -0.05) is 6.08 Å². The number of hydrogen-bond donors (Lipinski definition) is 0. The van der Waals surface area contributed by atoms with Crippen LogP contribution in [0.3, 0.4) is 0 Å². The summed E-state index contributed by atoms with van der Waals surface area (Å²) in [6, 6.07) is 0. The summed E-state index contributed by atoms with van der Waals surface area (Å²) in [5.74, 6) is 0. The maximum absolute atomic E-state index is 8.00. The highest BCUT2D eigenvalue weighted by molar-refractivity contribution is 5.10. The van der Waals surface area contributed by atoms with Crippen molar-refractivity contribution in [1.82, 2.24) is 0 Å². The van der Waals surface area contributed by atoms with Gasteiger partial charge < -0.3 is 9.53 Å². The van der Waals surface area contributed by atoms with Gasteiger partial charge >= 0.3 is 0 Å². The molecule has 9 heavy (non-hydrogen) atoms. The van der Waals surface area contributed by atoms with Crippen LogP contribution in [0.1, 0.15) is 13.8 Å². The SMILES string of the molecule is C=CC(C)OCC.C=O. The Kier molecular flexibility index (Phi) is 12.9. The molecule has 0 spiro atoms. The van der Waals surface area contributed by atoms with Crippen LogP contribution in [0, 0.1) is 0 Å². The van der Waals surface area contributed by atoms with E-state index in [2.05, 4.69) is 6.58 Å². The number of hydrogen-bond acceptors (Lipinski definition) is 2. The summed E-state index contributed by atoms with van der Waals surface area (Å²) < 4.78 is 5.07. The highest BCUT2D eigenvalue weighted by atomic mass is 16.5. The minimum absolute atomic E-state index is 0.213. The van der Waals surface area contributed by atoms with Crippen molar-refractivity contribution in [3.05, 3.63) is 12.7 Å². The summed E-state index contributed by atoms with van der Waals surface area (Å²) in [6.45, 7) is 10.3. The predicted molar refractivity (Wildman–Crippen MR) is 38.4 cm³/mol. The molecule has 0 amide bonds. The highest BCUT2D eigenvalue weighted by Crippen LogP contribution is 1.87. The maximum atomic E-state index is 8.00. The number of ether oxygens (including phenoxy) is 1. The lowest BCUT2D eigenvalue weighted by Crippen LogP contribution is -2.01. The van der Waals surface area contributed by atoms with Crippen molar-refractivity contribution in [2.75, 3.05) is 6.61 Å². The smallest absolute Gasteiger partial charge is 0.106 e. The van der Waals surface area contributed by atoms with E-state index in [0.717, 1.165) is 6.61 Å². The molecule has 1 unspecified atom stereocenters. The van der Waals surface area contributed by atoms with Gasteiger partial charge in [-0.05, 0) is 13.8 Å². The topological polar surface area (TPSA) is 26.3 Å². The van der Waals surface area contributed by atoms with E-state index in [1.54, 1.807) is 6.08 Å². The molecule has 0 aromatic carbocycles. The highest BCUT2D eigenvalue weighted by Gasteiger charge is 1.87. The average Bonchev–Trinajstić information content (AvgIpc) is 1.93. The van der Waals surface area contributed by atoms with Crippen molar-refractivity contribution >= 4 is 6.79 Å². The first-order valence-electron chi connectivity index (χ1n) is 2.84. The van der Waals surface area contributed by atoms with Crippen LogP contribution in [0.4, 0.5) is 0 Å². The Hall–Kier alpha value is -0.630. The van der Waals surface area contributed by atoms with Crippen LogP contribution >= 0.6 is 0 Å². The standard InChI is InChI=1S/C6H12O.CH2O/c1-4-6(3)7-5-2;1-2/h4,6H,1,5H2,2-3H3;1H2. The lowest BCUT2D eigenvalue weighted by Gasteiger charge is -2.02. The quantitative estimate of drug-likeness (QED) is 0.540. The van der Waals surface area contributed by atoms with Crippen LogP contribution in [0.15, 0.2) is 12.7 Å². The molecule has 0 N–H and O–H groups in total. The van der Waals surface area contributed by atoms with Gasteiger partial charge in [0.25, 0.3) is 0 Å². The van der Waals surface area contributed by atoms with Crippen molar-refractivity contribution in [2.24, 2.45) is 0 Å².